The lowest BCUT2D eigenvalue weighted by molar-refractivity contribution is -0.118. The maximum Gasteiger partial charge on any atom is 0.261 e. The van der Waals surface area contributed by atoms with Crippen molar-refractivity contribution in [3.05, 3.63) is 90.0 Å². The fourth-order valence-electron chi connectivity index (χ4n) is 2.89. The highest BCUT2D eigenvalue weighted by Crippen LogP contribution is 2.18. The average Bonchev–Trinajstić information content (AvgIpc) is 2.74. The lowest BCUT2D eigenvalue weighted by atomic mass is 10.1. The summed E-state index contributed by atoms with van der Waals surface area (Å²) in [6.45, 7) is 1.94. The summed E-state index contributed by atoms with van der Waals surface area (Å²) < 4.78 is 27.7. The third-order valence-corrected chi connectivity index (χ3v) is 6.08. The molecular weight excluding hydrogens is 384 g/mol. The highest BCUT2D eigenvalue weighted by atomic mass is 32.2. The van der Waals surface area contributed by atoms with Crippen molar-refractivity contribution < 1.29 is 13.2 Å². The SMILES string of the molecule is Cc1ccc(NS(=O)(=O)c2ccc(CCC(=O)N(C)c3ccccc3)cc2)cc1. The third-order valence-electron chi connectivity index (χ3n) is 4.68. The minimum absolute atomic E-state index is 0.00827. The molecule has 0 radical (unpaired) electrons. The van der Waals surface area contributed by atoms with Crippen LogP contribution in [0.4, 0.5) is 11.4 Å². The van der Waals surface area contributed by atoms with E-state index in [0.29, 0.717) is 18.5 Å². The van der Waals surface area contributed by atoms with Gasteiger partial charge in [-0.15, -0.1) is 0 Å². The Hall–Kier alpha value is -3.12. The van der Waals surface area contributed by atoms with Crippen LogP contribution < -0.4 is 9.62 Å². The van der Waals surface area contributed by atoms with Crippen molar-refractivity contribution in [1.82, 2.24) is 0 Å². The number of amides is 1. The normalized spacial score (nSPS) is 11.1. The van der Waals surface area contributed by atoms with Crippen molar-refractivity contribution >= 4 is 27.3 Å². The average molecular weight is 409 g/mol. The zero-order valence-corrected chi connectivity index (χ0v) is 17.3. The van der Waals surface area contributed by atoms with E-state index in [0.717, 1.165) is 16.8 Å². The van der Waals surface area contributed by atoms with E-state index in [-0.39, 0.29) is 10.8 Å². The van der Waals surface area contributed by atoms with Crippen LogP contribution in [-0.2, 0) is 21.2 Å². The van der Waals surface area contributed by atoms with Crippen molar-refractivity contribution in [2.75, 3.05) is 16.7 Å². The first kappa shape index (κ1) is 20.6. The number of rotatable bonds is 7. The highest BCUT2D eigenvalue weighted by molar-refractivity contribution is 7.92. The molecular formula is C23H24N2O3S. The summed E-state index contributed by atoms with van der Waals surface area (Å²) in [5.41, 5.74) is 3.34. The smallest absolute Gasteiger partial charge is 0.261 e. The Morgan fingerprint density at radius 1 is 0.897 bits per heavy atom. The third kappa shape index (κ3) is 5.45. The Labute approximate surface area is 172 Å². The van der Waals surface area contributed by atoms with Crippen LogP contribution in [0, 0.1) is 6.92 Å². The largest absolute Gasteiger partial charge is 0.315 e. The monoisotopic (exact) mass is 408 g/mol. The molecule has 150 valence electrons. The summed E-state index contributed by atoms with van der Waals surface area (Å²) in [5, 5.41) is 0. The fourth-order valence-corrected chi connectivity index (χ4v) is 3.94. The van der Waals surface area contributed by atoms with Crippen LogP contribution in [0.3, 0.4) is 0 Å². The summed E-state index contributed by atoms with van der Waals surface area (Å²) in [6.07, 6.45) is 0.890. The molecule has 0 saturated carbocycles. The Kier molecular flexibility index (Phi) is 6.34. The first-order valence-corrected chi connectivity index (χ1v) is 10.8. The van der Waals surface area contributed by atoms with E-state index in [1.165, 1.54) is 0 Å². The number of benzene rings is 3. The van der Waals surface area contributed by atoms with E-state index in [9.17, 15) is 13.2 Å². The van der Waals surface area contributed by atoms with Gasteiger partial charge in [-0.25, -0.2) is 8.42 Å². The van der Waals surface area contributed by atoms with E-state index in [1.54, 1.807) is 48.3 Å². The highest BCUT2D eigenvalue weighted by Gasteiger charge is 2.15. The minimum atomic E-state index is -3.65. The molecule has 0 aromatic heterocycles. The molecule has 29 heavy (non-hydrogen) atoms. The Bertz CT molecular complexity index is 1060. The predicted molar refractivity (Wildman–Crippen MR) is 117 cm³/mol. The zero-order valence-electron chi connectivity index (χ0n) is 16.5. The number of para-hydroxylation sites is 1. The van der Waals surface area contributed by atoms with Crippen LogP contribution in [0.2, 0.25) is 0 Å². The summed E-state index contributed by atoms with van der Waals surface area (Å²) >= 11 is 0. The molecule has 5 nitrogen and oxygen atoms in total. The first-order valence-electron chi connectivity index (χ1n) is 9.35. The summed E-state index contributed by atoms with van der Waals surface area (Å²) in [4.78, 5) is 14.2. The van der Waals surface area contributed by atoms with E-state index >= 15 is 0 Å². The van der Waals surface area contributed by atoms with Gasteiger partial charge in [-0.05, 0) is 55.3 Å². The quantitative estimate of drug-likeness (QED) is 0.630. The van der Waals surface area contributed by atoms with E-state index in [4.69, 9.17) is 0 Å². The minimum Gasteiger partial charge on any atom is -0.315 e. The second-order valence-electron chi connectivity index (χ2n) is 6.90. The first-order chi connectivity index (χ1) is 13.8. The molecule has 3 rings (SSSR count). The number of hydrogen-bond donors (Lipinski definition) is 1. The number of anilines is 2. The molecule has 0 heterocycles. The Morgan fingerprint density at radius 3 is 2.14 bits per heavy atom. The molecule has 0 unspecified atom stereocenters. The van der Waals surface area contributed by atoms with E-state index < -0.39 is 10.0 Å². The fraction of sp³-hybridized carbons (Fsp3) is 0.174. The lowest BCUT2D eigenvalue weighted by Crippen LogP contribution is -2.26. The number of nitrogens with one attached hydrogen (secondary N) is 1. The van der Waals surface area contributed by atoms with Gasteiger partial charge in [0.25, 0.3) is 10.0 Å². The summed E-state index contributed by atoms with van der Waals surface area (Å²) in [6, 6.07) is 23.3. The van der Waals surface area contributed by atoms with Gasteiger partial charge in [0.05, 0.1) is 4.90 Å². The molecule has 0 fully saturated rings. The van der Waals surface area contributed by atoms with Gasteiger partial charge in [0, 0.05) is 24.8 Å². The molecule has 6 heteroatoms. The molecule has 0 saturated heterocycles. The van der Waals surface area contributed by atoms with Gasteiger partial charge in [-0.3, -0.25) is 9.52 Å². The number of hydrogen-bond acceptors (Lipinski definition) is 3. The van der Waals surface area contributed by atoms with Gasteiger partial charge in [0.2, 0.25) is 5.91 Å². The van der Waals surface area contributed by atoms with Gasteiger partial charge in [0.15, 0.2) is 0 Å². The summed E-state index contributed by atoms with van der Waals surface area (Å²) in [5.74, 6) is 0.00827. The van der Waals surface area contributed by atoms with Gasteiger partial charge in [0.1, 0.15) is 0 Å². The van der Waals surface area contributed by atoms with Crippen molar-refractivity contribution in [2.24, 2.45) is 0 Å². The van der Waals surface area contributed by atoms with Crippen molar-refractivity contribution in [3.8, 4) is 0 Å². The molecule has 3 aromatic rings. The van der Waals surface area contributed by atoms with Crippen molar-refractivity contribution in [1.29, 1.82) is 0 Å². The molecule has 0 aliphatic carbocycles. The zero-order chi connectivity index (χ0) is 20.9. The van der Waals surface area contributed by atoms with Crippen LogP contribution >= 0.6 is 0 Å². The second-order valence-corrected chi connectivity index (χ2v) is 8.59. The van der Waals surface area contributed by atoms with Gasteiger partial charge in [-0.1, -0.05) is 48.0 Å². The molecule has 0 atom stereocenters. The van der Waals surface area contributed by atoms with E-state index in [2.05, 4.69) is 4.72 Å². The van der Waals surface area contributed by atoms with Gasteiger partial charge in [-0.2, -0.15) is 0 Å². The summed E-state index contributed by atoms with van der Waals surface area (Å²) in [7, 11) is -1.89. The number of nitrogens with zero attached hydrogens (tertiary/aromatic N) is 1. The molecule has 1 amide bonds. The topological polar surface area (TPSA) is 66.5 Å². The van der Waals surface area contributed by atoms with Crippen molar-refractivity contribution in [2.45, 2.75) is 24.7 Å². The molecule has 0 aliphatic heterocycles. The van der Waals surface area contributed by atoms with Crippen molar-refractivity contribution in [3.63, 3.8) is 0 Å². The molecule has 0 spiro atoms. The van der Waals surface area contributed by atoms with Gasteiger partial charge < -0.3 is 4.90 Å². The predicted octanol–water partition coefficient (Wildman–Crippen LogP) is 4.39. The van der Waals surface area contributed by atoms with E-state index in [1.807, 2.05) is 49.4 Å². The lowest BCUT2D eigenvalue weighted by Gasteiger charge is -2.17. The number of aryl methyl sites for hydroxylation is 2. The van der Waals surface area contributed by atoms with Gasteiger partial charge >= 0.3 is 0 Å². The van der Waals surface area contributed by atoms with Crippen LogP contribution in [0.15, 0.2) is 83.8 Å². The van der Waals surface area contributed by atoms with Crippen LogP contribution in [0.1, 0.15) is 17.5 Å². The van der Waals surface area contributed by atoms with Crippen LogP contribution in [-0.4, -0.2) is 21.4 Å². The molecule has 0 bridgehead atoms. The van der Waals surface area contributed by atoms with Crippen LogP contribution in [0.5, 0.6) is 0 Å². The maximum absolute atomic E-state index is 12.5. The molecule has 1 N–H and O–H groups in total. The maximum atomic E-state index is 12.5. The van der Waals surface area contributed by atoms with Crippen LogP contribution in [0.25, 0.3) is 0 Å². The number of sulfonamides is 1. The molecule has 3 aromatic carbocycles. The number of carbonyl (C=O) groups excluding carboxylic acids is 1. The second kappa shape index (κ2) is 8.92. The molecule has 0 aliphatic rings. The number of carbonyl (C=O) groups is 1. The standard InChI is InChI=1S/C23H24N2O3S/c1-18-8-13-20(14-9-18)24-29(27,28)22-15-10-19(11-16-22)12-17-23(26)25(2)21-6-4-3-5-7-21/h3-11,13-16,24H,12,17H2,1-2H3. The Balaban J connectivity index is 1.61. The Morgan fingerprint density at radius 2 is 1.52 bits per heavy atom.